The maximum absolute atomic E-state index is 13.6. The summed E-state index contributed by atoms with van der Waals surface area (Å²) in [5, 5.41) is 3.11. The van der Waals surface area contributed by atoms with Crippen molar-refractivity contribution in [2.75, 3.05) is 16.8 Å². The van der Waals surface area contributed by atoms with E-state index in [-0.39, 0.29) is 31.6 Å². The molecule has 11 heteroatoms. The molecule has 0 unspecified atom stereocenters. The second-order valence-corrected chi connectivity index (χ2v) is 9.74. The van der Waals surface area contributed by atoms with E-state index in [1.807, 2.05) is 37.3 Å². The van der Waals surface area contributed by atoms with Crippen LogP contribution in [0.2, 0.25) is 0 Å². The molecule has 182 valence electrons. The highest BCUT2D eigenvalue weighted by atomic mass is 32.2. The SMILES string of the molecule is CCNc1nc2ccccn2c(=O)c1/C=C1/SC(=S)N(c2c(C)n(C)n(-c3ccccc3)c2=O)C1=O. The van der Waals surface area contributed by atoms with Crippen LogP contribution < -0.4 is 21.3 Å². The fraction of sp³-hybridized carbons (Fsp3) is 0.160. The fourth-order valence-electron chi connectivity index (χ4n) is 4.14. The zero-order valence-corrected chi connectivity index (χ0v) is 21.4. The molecular weight excluding hydrogens is 496 g/mol. The van der Waals surface area contributed by atoms with E-state index in [2.05, 4.69) is 10.3 Å². The number of rotatable bonds is 5. The lowest BCUT2D eigenvalue weighted by atomic mass is 10.2. The number of pyridine rings is 1. The van der Waals surface area contributed by atoms with Crippen molar-refractivity contribution in [2.24, 2.45) is 7.05 Å². The molecule has 0 bridgehead atoms. The van der Waals surface area contributed by atoms with Crippen LogP contribution in [0.25, 0.3) is 17.4 Å². The second kappa shape index (κ2) is 9.25. The summed E-state index contributed by atoms with van der Waals surface area (Å²) in [5.41, 5.74) is 1.50. The van der Waals surface area contributed by atoms with E-state index in [9.17, 15) is 14.4 Å². The molecule has 0 aliphatic carbocycles. The first-order valence-corrected chi connectivity index (χ1v) is 12.4. The Morgan fingerprint density at radius 3 is 2.50 bits per heavy atom. The quantitative estimate of drug-likeness (QED) is 0.320. The van der Waals surface area contributed by atoms with Crippen molar-refractivity contribution < 1.29 is 4.79 Å². The van der Waals surface area contributed by atoms with Crippen molar-refractivity contribution in [3.63, 3.8) is 0 Å². The van der Waals surface area contributed by atoms with Gasteiger partial charge < -0.3 is 5.32 Å². The van der Waals surface area contributed by atoms with Crippen LogP contribution in [0.4, 0.5) is 11.5 Å². The average molecular weight is 519 g/mol. The zero-order chi connectivity index (χ0) is 25.6. The van der Waals surface area contributed by atoms with E-state index in [1.54, 1.807) is 43.0 Å². The third-order valence-electron chi connectivity index (χ3n) is 5.93. The fourth-order valence-corrected chi connectivity index (χ4v) is 5.39. The molecule has 1 N–H and O–H groups in total. The number of aromatic nitrogens is 4. The van der Waals surface area contributed by atoms with Gasteiger partial charge in [-0.1, -0.05) is 48.2 Å². The Hall–Kier alpha value is -3.96. The van der Waals surface area contributed by atoms with Gasteiger partial charge in [-0.05, 0) is 44.2 Å². The molecule has 1 aliphatic rings. The van der Waals surface area contributed by atoms with Crippen molar-refractivity contribution in [3.8, 4) is 5.69 Å². The molecule has 1 saturated heterocycles. The lowest BCUT2D eigenvalue weighted by Gasteiger charge is -2.12. The average Bonchev–Trinajstić information content (AvgIpc) is 3.26. The molecule has 1 fully saturated rings. The van der Waals surface area contributed by atoms with Gasteiger partial charge in [-0.2, -0.15) is 0 Å². The van der Waals surface area contributed by atoms with Gasteiger partial charge in [-0.3, -0.25) is 28.4 Å². The van der Waals surface area contributed by atoms with E-state index >= 15 is 0 Å². The minimum absolute atomic E-state index is 0.188. The van der Waals surface area contributed by atoms with Crippen LogP contribution in [0.15, 0.2) is 69.2 Å². The van der Waals surface area contributed by atoms with Crippen LogP contribution in [0, 0.1) is 6.92 Å². The summed E-state index contributed by atoms with van der Waals surface area (Å²) in [6.45, 7) is 4.20. The molecule has 1 aromatic carbocycles. The number of benzene rings is 1. The Kier molecular flexibility index (Phi) is 6.10. The number of thioether (sulfide) groups is 1. The van der Waals surface area contributed by atoms with E-state index in [4.69, 9.17) is 12.2 Å². The maximum Gasteiger partial charge on any atom is 0.296 e. The van der Waals surface area contributed by atoms with Gasteiger partial charge in [0, 0.05) is 19.8 Å². The molecule has 0 saturated carbocycles. The molecule has 4 aromatic rings. The van der Waals surface area contributed by atoms with Crippen molar-refractivity contribution in [1.29, 1.82) is 0 Å². The predicted octanol–water partition coefficient (Wildman–Crippen LogP) is 3.33. The Labute approximate surface area is 215 Å². The summed E-state index contributed by atoms with van der Waals surface area (Å²) in [6.07, 6.45) is 3.13. The van der Waals surface area contributed by atoms with Crippen LogP contribution in [-0.2, 0) is 11.8 Å². The van der Waals surface area contributed by atoms with Gasteiger partial charge in [0.25, 0.3) is 17.0 Å². The monoisotopic (exact) mass is 518 g/mol. The van der Waals surface area contributed by atoms with Gasteiger partial charge in [-0.25, -0.2) is 9.67 Å². The number of fused-ring (bicyclic) bond motifs is 1. The van der Waals surface area contributed by atoms with Crippen LogP contribution >= 0.6 is 24.0 Å². The number of nitrogens with zero attached hydrogens (tertiary/aromatic N) is 5. The highest BCUT2D eigenvalue weighted by Gasteiger charge is 2.38. The molecule has 4 heterocycles. The van der Waals surface area contributed by atoms with Crippen LogP contribution in [0.5, 0.6) is 0 Å². The third-order valence-corrected chi connectivity index (χ3v) is 7.23. The molecule has 1 amide bonds. The largest absolute Gasteiger partial charge is 0.370 e. The van der Waals surface area contributed by atoms with Crippen molar-refractivity contribution in [1.82, 2.24) is 18.7 Å². The molecule has 3 aromatic heterocycles. The minimum atomic E-state index is -0.462. The number of thiocarbonyl (C=S) groups is 1. The molecule has 36 heavy (non-hydrogen) atoms. The summed E-state index contributed by atoms with van der Waals surface area (Å²) >= 11 is 6.58. The van der Waals surface area contributed by atoms with Crippen molar-refractivity contribution in [2.45, 2.75) is 13.8 Å². The van der Waals surface area contributed by atoms with E-state index in [0.29, 0.717) is 29.4 Å². The normalized spacial score (nSPS) is 14.9. The minimum Gasteiger partial charge on any atom is -0.370 e. The van der Waals surface area contributed by atoms with Crippen molar-refractivity contribution >= 4 is 57.4 Å². The summed E-state index contributed by atoms with van der Waals surface area (Å²) in [5.74, 6) is -0.0858. The number of carbonyl (C=O) groups is 1. The Balaban J connectivity index is 1.62. The number of para-hydroxylation sites is 1. The molecule has 9 nitrogen and oxygen atoms in total. The lowest BCUT2D eigenvalue weighted by molar-refractivity contribution is -0.113. The van der Waals surface area contributed by atoms with Crippen LogP contribution in [0.3, 0.4) is 0 Å². The molecule has 0 atom stereocenters. The second-order valence-electron chi connectivity index (χ2n) is 8.07. The lowest BCUT2D eigenvalue weighted by Crippen LogP contribution is -2.33. The number of nitrogens with one attached hydrogen (secondary N) is 1. The number of hydrogen-bond acceptors (Lipinski definition) is 7. The molecule has 0 spiro atoms. The van der Waals surface area contributed by atoms with Gasteiger partial charge in [0.2, 0.25) is 0 Å². The van der Waals surface area contributed by atoms with Gasteiger partial charge in [0.1, 0.15) is 17.2 Å². The van der Waals surface area contributed by atoms with Gasteiger partial charge >= 0.3 is 0 Å². The summed E-state index contributed by atoms with van der Waals surface area (Å²) < 4.78 is 4.83. The Bertz CT molecular complexity index is 1680. The van der Waals surface area contributed by atoms with Crippen LogP contribution in [0.1, 0.15) is 18.2 Å². The highest BCUT2D eigenvalue weighted by Crippen LogP contribution is 2.36. The number of amides is 1. The van der Waals surface area contributed by atoms with E-state index < -0.39 is 5.91 Å². The molecule has 1 aliphatic heterocycles. The first-order chi connectivity index (χ1) is 17.3. The smallest absolute Gasteiger partial charge is 0.296 e. The predicted molar refractivity (Wildman–Crippen MR) is 147 cm³/mol. The Morgan fingerprint density at radius 1 is 1.06 bits per heavy atom. The first kappa shape index (κ1) is 23.8. The number of anilines is 2. The topological polar surface area (TPSA) is 93.6 Å². The number of hydrogen-bond donors (Lipinski definition) is 1. The standard InChI is InChI=1S/C25H22N6O3S2/c1-4-26-21-17(22(32)29-13-9-8-12-19(29)27-21)14-18-23(33)30(25(35)36-18)20-15(2)28(3)31(24(20)34)16-10-6-5-7-11-16/h5-14,26H,4H2,1-3H3/b18-14+. The van der Waals surface area contributed by atoms with Gasteiger partial charge in [0.05, 0.1) is 21.8 Å². The van der Waals surface area contributed by atoms with E-state index in [0.717, 1.165) is 11.8 Å². The molecular formula is C25H22N6O3S2. The maximum atomic E-state index is 13.6. The van der Waals surface area contributed by atoms with Crippen molar-refractivity contribution in [3.05, 3.63) is 91.6 Å². The summed E-state index contributed by atoms with van der Waals surface area (Å²) in [4.78, 5) is 46.4. The van der Waals surface area contributed by atoms with Gasteiger partial charge in [-0.15, -0.1) is 0 Å². The first-order valence-electron chi connectivity index (χ1n) is 11.2. The number of carbonyl (C=O) groups excluding carboxylic acids is 1. The third kappa shape index (κ3) is 3.76. The van der Waals surface area contributed by atoms with Gasteiger partial charge in [0.15, 0.2) is 4.32 Å². The van der Waals surface area contributed by atoms with Crippen LogP contribution in [-0.4, -0.2) is 35.5 Å². The molecule has 0 radical (unpaired) electrons. The van der Waals surface area contributed by atoms with E-state index in [1.165, 1.54) is 20.1 Å². The molecule has 5 rings (SSSR count). The summed E-state index contributed by atoms with van der Waals surface area (Å²) in [6, 6.07) is 14.4. The Morgan fingerprint density at radius 2 is 1.78 bits per heavy atom. The summed E-state index contributed by atoms with van der Waals surface area (Å²) in [7, 11) is 1.76. The highest BCUT2D eigenvalue weighted by molar-refractivity contribution is 8.27. The zero-order valence-electron chi connectivity index (χ0n) is 19.8.